The molecule has 7 heteroatoms. The van der Waals surface area contributed by atoms with Gasteiger partial charge in [0.2, 0.25) is 11.8 Å². The first kappa shape index (κ1) is 22.1. The number of amides is 2. The lowest BCUT2D eigenvalue weighted by molar-refractivity contribution is -0.134. The van der Waals surface area contributed by atoms with Crippen LogP contribution in [0.1, 0.15) is 24.0 Å². The zero-order valence-corrected chi connectivity index (χ0v) is 18.2. The summed E-state index contributed by atoms with van der Waals surface area (Å²) >= 11 is 0. The fourth-order valence-electron chi connectivity index (χ4n) is 3.72. The molecule has 1 aromatic carbocycles. The third-order valence-electron chi connectivity index (χ3n) is 5.39. The van der Waals surface area contributed by atoms with Gasteiger partial charge in [0.25, 0.3) is 0 Å². The third kappa shape index (κ3) is 6.18. The highest BCUT2D eigenvalue weighted by atomic mass is 16.3. The van der Waals surface area contributed by atoms with Crippen LogP contribution in [0.4, 0.5) is 5.69 Å². The van der Waals surface area contributed by atoms with Crippen molar-refractivity contribution in [3.05, 3.63) is 53.5 Å². The Bertz CT molecular complexity index is 856. The summed E-state index contributed by atoms with van der Waals surface area (Å²) in [5.41, 5.74) is 2.02. The van der Waals surface area contributed by atoms with Gasteiger partial charge in [-0.1, -0.05) is 25.1 Å². The van der Waals surface area contributed by atoms with E-state index in [1.54, 1.807) is 0 Å². The Morgan fingerprint density at radius 1 is 1.10 bits per heavy atom. The van der Waals surface area contributed by atoms with Crippen molar-refractivity contribution in [3.63, 3.8) is 0 Å². The first-order valence-electron chi connectivity index (χ1n) is 10.6. The van der Waals surface area contributed by atoms with Gasteiger partial charge in [-0.2, -0.15) is 0 Å². The maximum Gasteiger partial charge on any atom is 0.238 e. The molecule has 3 rings (SSSR count). The molecule has 2 amide bonds. The van der Waals surface area contributed by atoms with Crippen molar-refractivity contribution < 1.29 is 14.0 Å². The van der Waals surface area contributed by atoms with E-state index in [1.165, 1.54) is 0 Å². The molecule has 0 unspecified atom stereocenters. The number of furan rings is 1. The van der Waals surface area contributed by atoms with Crippen molar-refractivity contribution in [2.24, 2.45) is 0 Å². The number of hydrogen-bond acceptors (Lipinski definition) is 5. The van der Waals surface area contributed by atoms with Gasteiger partial charge < -0.3 is 14.6 Å². The molecule has 2 aromatic rings. The smallest absolute Gasteiger partial charge is 0.238 e. The van der Waals surface area contributed by atoms with Crippen LogP contribution in [0.25, 0.3) is 0 Å². The number of para-hydroxylation sites is 1. The summed E-state index contributed by atoms with van der Waals surface area (Å²) in [5, 5.41) is 3.02. The van der Waals surface area contributed by atoms with E-state index < -0.39 is 0 Å². The lowest BCUT2D eigenvalue weighted by Gasteiger charge is -2.35. The van der Waals surface area contributed by atoms with Gasteiger partial charge in [-0.3, -0.25) is 19.4 Å². The van der Waals surface area contributed by atoms with Gasteiger partial charge in [0.15, 0.2) is 0 Å². The minimum absolute atomic E-state index is 0.0100. The van der Waals surface area contributed by atoms with Crippen molar-refractivity contribution >= 4 is 17.5 Å². The summed E-state index contributed by atoms with van der Waals surface area (Å²) in [4.78, 5) is 31.0. The van der Waals surface area contributed by atoms with E-state index in [2.05, 4.69) is 17.1 Å². The number of nitrogens with one attached hydrogen (secondary N) is 1. The Morgan fingerprint density at radius 3 is 2.50 bits per heavy atom. The molecular formula is C23H32N4O3. The molecule has 2 heterocycles. The van der Waals surface area contributed by atoms with Gasteiger partial charge in [0.1, 0.15) is 11.5 Å². The van der Waals surface area contributed by atoms with Crippen LogP contribution in [-0.2, 0) is 22.6 Å². The third-order valence-corrected chi connectivity index (χ3v) is 5.39. The predicted octanol–water partition coefficient (Wildman–Crippen LogP) is 2.37. The van der Waals surface area contributed by atoms with Crippen molar-refractivity contribution in [1.29, 1.82) is 0 Å². The summed E-state index contributed by atoms with van der Waals surface area (Å²) in [6, 6.07) is 11.8. The normalized spacial score (nSPS) is 14.9. The average Bonchev–Trinajstić information content (AvgIpc) is 3.13. The molecule has 1 saturated heterocycles. The fraction of sp³-hybridized carbons (Fsp3) is 0.478. The quantitative estimate of drug-likeness (QED) is 0.721. The van der Waals surface area contributed by atoms with Gasteiger partial charge in [0.05, 0.1) is 19.6 Å². The molecule has 0 aliphatic carbocycles. The summed E-state index contributed by atoms with van der Waals surface area (Å²) in [6.07, 6.45) is 0.880. The van der Waals surface area contributed by atoms with Crippen molar-refractivity contribution in [2.75, 3.05) is 51.6 Å². The predicted molar refractivity (Wildman–Crippen MR) is 117 cm³/mol. The zero-order chi connectivity index (χ0) is 21.5. The Morgan fingerprint density at radius 2 is 1.83 bits per heavy atom. The number of aryl methyl sites for hydroxylation is 2. The van der Waals surface area contributed by atoms with Gasteiger partial charge in [-0.25, -0.2) is 0 Å². The molecule has 1 aliphatic rings. The second-order valence-corrected chi connectivity index (χ2v) is 7.90. The van der Waals surface area contributed by atoms with Gasteiger partial charge in [-0.15, -0.1) is 0 Å². The number of carbonyl (C=O) groups is 2. The van der Waals surface area contributed by atoms with Crippen LogP contribution in [0.15, 0.2) is 40.8 Å². The molecule has 7 nitrogen and oxygen atoms in total. The molecule has 1 fully saturated rings. The molecular weight excluding hydrogens is 380 g/mol. The summed E-state index contributed by atoms with van der Waals surface area (Å²) < 4.78 is 5.58. The molecule has 1 aromatic heterocycles. The topological polar surface area (TPSA) is 69.0 Å². The number of piperazine rings is 1. The first-order valence-corrected chi connectivity index (χ1v) is 10.6. The highest BCUT2D eigenvalue weighted by Gasteiger charge is 2.23. The van der Waals surface area contributed by atoms with E-state index in [9.17, 15) is 9.59 Å². The lowest BCUT2D eigenvalue weighted by atomic mass is 10.1. The standard InChI is InChI=1S/C23H32N4O3/c1-4-19-7-5-6-8-21(19)24-22(28)16-26-11-13-27(14-12-26)23(29)17-25(3)15-20-10-9-18(2)30-20/h5-10H,4,11-17H2,1-3H3,(H,24,28). The summed E-state index contributed by atoms with van der Waals surface area (Å²) in [7, 11) is 1.92. The maximum absolute atomic E-state index is 12.6. The second kappa shape index (κ2) is 10.4. The maximum atomic E-state index is 12.6. The summed E-state index contributed by atoms with van der Waals surface area (Å²) in [6.45, 7) is 8.00. The Balaban J connectivity index is 1.40. The van der Waals surface area contributed by atoms with E-state index in [0.717, 1.165) is 29.2 Å². The van der Waals surface area contributed by atoms with Gasteiger partial charge >= 0.3 is 0 Å². The van der Waals surface area contributed by atoms with E-state index in [1.807, 2.05) is 60.2 Å². The van der Waals surface area contributed by atoms with Crippen molar-refractivity contribution in [2.45, 2.75) is 26.8 Å². The van der Waals surface area contributed by atoms with Gasteiger partial charge in [-0.05, 0) is 44.2 Å². The van der Waals surface area contributed by atoms with Crippen molar-refractivity contribution in [1.82, 2.24) is 14.7 Å². The number of hydrogen-bond donors (Lipinski definition) is 1. The zero-order valence-electron chi connectivity index (χ0n) is 18.2. The first-order chi connectivity index (χ1) is 14.4. The minimum Gasteiger partial charge on any atom is -0.465 e. The molecule has 0 atom stereocenters. The molecule has 162 valence electrons. The molecule has 0 spiro atoms. The highest BCUT2D eigenvalue weighted by Crippen LogP contribution is 2.15. The fourth-order valence-corrected chi connectivity index (χ4v) is 3.72. The Kier molecular flexibility index (Phi) is 7.65. The highest BCUT2D eigenvalue weighted by molar-refractivity contribution is 5.93. The molecule has 0 radical (unpaired) electrons. The second-order valence-electron chi connectivity index (χ2n) is 7.90. The number of carbonyl (C=O) groups excluding carboxylic acids is 2. The van der Waals surface area contributed by atoms with Crippen LogP contribution in [0, 0.1) is 6.92 Å². The SMILES string of the molecule is CCc1ccccc1NC(=O)CN1CCN(C(=O)CN(C)Cc2ccc(C)o2)CC1. The van der Waals surface area contributed by atoms with Crippen LogP contribution in [-0.4, -0.2) is 72.8 Å². The van der Waals surface area contributed by atoms with Crippen molar-refractivity contribution in [3.8, 4) is 0 Å². The number of likely N-dealkylation sites (N-methyl/N-ethyl adjacent to an activating group) is 1. The molecule has 0 saturated carbocycles. The number of nitrogens with zero attached hydrogens (tertiary/aromatic N) is 3. The minimum atomic E-state index is -0.0100. The molecule has 30 heavy (non-hydrogen) atoms. The van der Waals surface area contributed by atoms with Crippen LogP contribution < -0.4 is 5.32 Å². The molecule has 1 aliphatic heterocycles. The number of benzene rings is 1. The van der Waals surface area contributed by atoms with Crippen LogP contribution in [0.3, 0.4) is 0 Å². The molecule has 1 N–H and O–H groups in total. The summed E-state index contributed by atoms with van der Waals surface area (Å²) in [5.74, 6) is 1.84. The Hall–Kier alpha value is -2.64. The number of anilines is 1. The van der Waals surface area contributed by atoms with Gasteiger partial charge in [0, 0.05) is 31.9 Å². The Labute approximate surface area is 178 Å². The van der Waals surface area contributed by atoms with E-state index in [0.29, 0.717) is 45.8 Å². The monoisotopic (exact) mass is 412 g/mol. The van der Waals surface area contributed by atoms with E-state index in [-0.39, 0.29) is 11.8 Å². The van der Waals surface area contributed by atoms with Crippen LogP contribution >= 0.6 is 0 Å². The largest absolute Gasteiger partial charge is 0.465 e. The van der Waals surface area contributed by atoms with E-state index >= 15 is 0 Å². The average molecular weight is 413 g/mol. The van der Waals surface area contributed by atoms with E-state index in [4.69, 9.17) is 4.42 Å². The number of rotatable bonds is 8. The lowest BCUT2D eigenvalue weighted by Crippen LogP contribution is -2.52. The van der Waals surface area contributed by atoms with Crippen LogP contribution in [0.2, 0.25) is 0 Å². The molecule has 0 bridgehead atoms. The van der Waals surface area contributed by atoms with Crippen LogP contribution in [0.5, 0.6) is 0 Å².